The highest BCUT2D eigenvalue weighted by Crippen LogP contribution is 2.18. The monoisotopic (exact) mass is 399 g/mol. The van der Waals surface area contributed by atoms with Crippen LogP contribution in [0.3, 0.4) is 0 Å². The quantitative estimate of drug-likeness (QED) is 0.220. The first kappa shape index (κ1) is 21.4. The van der Waals surface area contributed by atoms with E-state index in [1.807, 2.05) is 36.4 Å². The molecular formula is C21H25N3O3S. The summed E-state index contributed by atoms with van der Waals surface area (Å²) in [6.45, 7) is 3.32. The van der Waals surface area contributed by atoms with E-state index >= 15 is 0 Å². The first-order chi connectivity index (χ1) is 13.6. The Hall–Kier alpha value is -2.93. The first-order valence-electron chi connectivity index (χ1n) is 9.10. The average molecular weight is 400 g/mol. The zero-order valence-corrected chi connectivity index (χ0v) is 16.9. The number of nitrogens with one attached hydrogen (secondary N) is 2. The van der Waals surface area contributed by atoms with Crippen LogP contribution in [0, 0.1) is 0 Å². The second-order valence-electron chi connectivity index (χ2n) is 5.99. The topological polar surface area (TPSA) is 72.0 Å². The molecule has 0 aliphatic heterocycles. The van der Waals surface area contributed by atoms with Crippen LogP contribution in [0.4, 0.5) is 0 Å². The van der Waals surface area contributed by atoms with E-state index in [4.69, 9.17) is 21.7 Å². The number of para-hydroxylation sites is 1. The molecule has 0 aliphatic carbocycles. The van der Waals surface area contributed by atoms with Crippen molar-refractivity contribution in [2.45, 2.75) is 26.4 Å². The molecule has 6 nitrogen and oxygen atoms in total. The molecule has 0 atom stereocenters. The van der Waals surface area contributed by atoms with Gasteiger partial charge in [-0.05, 0) is 48.5 Å². The lowest BCUT2D eigenvalue weighted by molar-refractivity contribution is 0.0600. The number of rotatable bonds is 9. The summed E-state index contributed by atoms with van der Waals surface area (Å²) in [6, 6.07) is 14.7. The molecule has 0 aromatic heterocycles. The Morgan fingerprint density at radius 3 is 2.64 bits per heavy atom. The van der Waals surface area contributed by atoms with E-state index in [-0.39, 0.29) is 5.97 Å². The average Bonchev–Trinajstić information content (AvgIpc) is 2.73. The number of nitrogens with zero attached hydrogens (tertiary/aromatic N) is 1. The van der Waals surface area contributed by atoms with Crippen LogP contribution in [0.25, 0.3) is 0 Å². The number of thiocarbonyl (C=S) groups is 1. The van der Waals surface area contributed by atoms with Gasteiger partial charge in [-0.1, -0.05) is 37.6 Å². The molecule has 7 heteroatoms. The van der Waals surface area contributed by atoms with Gasteiger partial charge in [0, 0.05) is 12.1 Å². The highest BCUT2D eigenvalue weighted by Gasteiger charge is 2.05. The number of unbranched alkanes of at least 4 members (excludes halogenated alkanes) is 1. The van der Waals surface area contributed by atoms with Gasteiger partial charge in [-0.25, -0.2) is 4.79 Å². The lowest BCUT2D eigenvalue weighted by Gasteiger charge is -2.10. The second-order valence-corrected chi connectivity index (χ2v) is 6.40. The third kappa shape index (κ3) is 7.00. The largest absolute Gasteiger partial charge is 0.488 e. The van der Waals surface area contributed by atoms with Crippen molar-refractivity contribution in [1.29, 1.82) is 0 Å². The number of hydrogen-bond donors (Lipinski definition) is 2. The lowest BCUT2D eigenvalue weighted by atomic mass is 10.1. The molecule has 2 rings (SSSR count). The zero-order valence-electron chi connectivity index (χ0n) is 16.1. The van der Waals surface area contributed by atoms with Crippen molar-refractivity contribution >= 4 is 29.5 Å². The second kappa shape index (κ2) is 11.7. The molecule has 0 saturated heterocycles. The molecule has 148 valence electrons. The summed E-state index contributed by atoms with van der Waals surface area (Å²) >= 11 is 5.17. The van der Waals surface area contributed by atoms with Crippen LogP contribution < -0.4 is 15.5 Å². The van der Waals surface area contributed by atoms with E-state index < -0.39 is 0 Å². The van der Waals surface area contributed by atoms with Gasteiger partial charge in [0.05, 0.1) is 18.9 Å². The number of carbonyl (C=O) groups is 1. The Balaban J connectivity index is 1.91. The fourth-order valence-electron chi connectivity index (χ4n) is 2.31. The minimum absolute atomic E-state index is 0.358. The Kier molecular flexibility index (Phi) is 8.94. The third-order valence-corrected chi connectivity index (χ3v) is 4.11. The molecule has 0 fully saturated rings. The maximum absolute atomic E-state index is 11.5. The van der Waals surface area contributed by atoms with Crippen LogP contribution in [-0.2, 0) is 11.3 Å². The summed E-state index contributed by atoms with van der Waals surface area (Å²) in [4.78, 5) is 11.5. The van der Waals surface area contributed by atoms with E-state index in [1.165, 1.54) is 7.11 Å². The van der Waals surface area contributed by atoms with Gasteiger partial charge in [0.1, 0.15) is 12.4 Å². The van der Waals surface area contributed by atoms with Gasteiger partial charge in [0.25, 0.3) is 0 Å². The third-order valence-electron chi connectivity index (χ3n) is 3.87. The van der Waals surface area contributed by atoms with E-state index in [0.717, 1.165) is 30.5 Å². The molecule has 2 aromatic rings. The number of benzene rings is 2. The maximum Gasteiger partial charge on any atom is 0.337 e. The molecule has 0 radical (unpaired) electrons. The van der Waals surface area contributed by atoms with Gasteiger partial charge < -0.3 is 14.8 Å². The molecule has 0 saturated carbocycles. The van der Waals surface area contributed by atoms with Crippen LogP contribution in [-0.4, -0.2) is 31.0 Å². The Morgan fingerprint density at radius 1 is 1.18 bits per heavy atom. The predicted octanol–water partition coefficient (Wildman–Crippen LogP) is 3.65. The molecular weight excluding hydrogens is 374 g/mol. The molecule has 2 aromatic carbocycles. The van der Waals surface area contributed by atoms with E-state index in [9.17, 15) is 4.79 Å². The highest BCUT2D eigenvalue weighted by atomic mass is 32.1. The normalized spacial score (nSPS) is 10.5. The minimum Gasteiger partial charge on any atom is -0.488 e. The smallest absolute Gasteiger partial charge is 0.337 e. The van der Waals surface area contributed by atoms with Crippen molar-refractivity contribution in [2.75, 3.05) is 13.7 Å². The maximum atomic E-state index is 11.5. The van der Waals surface area contributed by atoms with Crippen LogP contribution in [0.1, 0.15) is 41.3 Å². The number of carbonyl (C=O) groups excluding carboxylic acids is 1. The molecule has 0 heterocycles. The number of hydrogen-bond acceptors (Lipinski definition) is 5. The fourth-order valence-corrected chi connectivity index (χ4v) is 2.47. The van der Waals surface area contributed by atoms with Gasteiger partial charge >= 0.3 is 5.97 Å². The van der Waals surface area contributed by atoms with Crippen LogP contribution in [0.15, 0.2) is 53.6 Å². The van der Waals surface area contributed by atoms with E-state index in [2.05, 4.69) is 22.8 Å². The number of hydrazone groups is 1. The molecule has 0 aliphatic rings. The number of ether oxygens (including phenoxy) is 2. The fraction of sp³-hybridized carbons (Fsp3) is 0.286. The van der Waals surface area contributed by atoms with Crippen LogP contribution >= 0.6 is 12.2 Å². The van der Waals surface area contributed by atoms with Crippen molar-refractivity contribution in [3.05, 3.63) is 65.2 Å². The summed E-state index contributed by atoms with van der Waals surface area (Å²) in [7, 11) is 1.36. The Labute approximate surface area is 170 Å². The van der Waals surface area contributed by atoms with Gasteiger partial charge in [-0.2, -0.15) is 5.10 Å². The zero-order chi connectivity index (χ0) is 20.2. The summed E-state index contributed by atoms with van der Waals surface area (Å²) in [5.41, 5.74) is 5.09. The number of methoxy groups -OCH3 is 1. The minimum atomic E-state index is -0.358. The Morgan fingerprint density at radius 2 is 1.93 bits per heavy atom. The summed E-state index contributed by atoms with van der Waals surface area (Å²) in [6.07, 6.45) is 3.83. The van der Waals surface area contributed by atoms with Crippen LogP contribution in [0.2, 0.25) is 0 Å². The van der Waals surface area contributed by atoms with Crippen molar-refractivity contribution < 1.29 is 14.3 Å². The van der Waals surface area contributed by atoms with Gasteiger partial charge in [-0.15, -0.1) is 0 Å². The lowest BCUT2D eigenvalue weighted by Crippen LogP contribution is -2.32. The summed E-state index contributed by atoms with van der Waals surface area (Å²) in [5.74, 6) is 0.346. The molecule has 28 heavy (non-hydrogen) atoms. The summed E-state index contributed by atoms with van der Waals surface area (Å²) < 4.78 is 10.6. The van der Waals surface area contributed by atoms with Crippen LogP contribution in [0.5, 0.6) is 5.75 Å². The molecule has 0 bridgehead atoms. The van der Waals surface area contributed by atoms with Crippen molar-refractivity contribution in [3.63, 3.8) is 0 Å². The number of esters is 1. The summed E-state index contributed by atoms with van der Waals surface area (Å²) in [5, 5.41) is 7.75. The van der Waals surface area contributed by atoms with E-state index in [0.29, 0.717) is 23.0 Å². The first-order valence-corrected chi connectivity index (χ1v) is 9.51. The molecule has 2 N–H and O–H groups in total. The standard InChI is InChI=1S/C21H25N3O3S/c1-3-4-13-22-21(28)24-23-14-18-7-5-6-8-19(18)27-15-16-9-11-17(12-10-16)20(25)26-2/h5-12,14H,3-4,13,15H2,1-2H3,(H2,22,24,28)/b23-14-. The highest BCUT2D eigenvalue weighted by molar-refractivity contribution is 7.80. The van der Waals surface area contributed by atoms with Gasteiger partial charge in [-0.3, -0.25) is 5.43 Å². The van der Waals surface area contributed by atoms with E-state index in [1.54, 1.807) is 18.3 Å². The predicted molar refractivity (Wildman–Crippen MR) is 115 cm³/mol. The van der Waals surface area contributed by atoms with Gasteiger partial charge in [0.2, 0.25) is 0 Å². The molecule has 0 amide bonds. The van der Waals surface area contributed by atoms with Crippen molar-refractivity contribution in [1.82, 2.24) is 10.7 Å². The molecule has 0 spiro atoms. The Bertz CT molecular complexity index is 807. The molecule has 0 unspecified atom stereocenters. The van der Waals surface area contributed by atoms with Crippen molar-refractivity contribution in [3.8, 4) is 5.75 Å². The SMILES string of the molecule is CCCCNC(=S)N/N=C\c1ccccc1OCc1ccc(C(=O)OC)cc1. The van der Waals surface area contributed by atoms with Crippen molar-refractivity contribution in [2.24, 2.45) is 5.10 Å². The van der Waals surface area contributed by atoms with Gasteiger partial charge in [0.15, 0.2) is 5.11 Å².